The van der Waals surface area contributed by atoms with Crippen LogP contribution in [0.1, 0.15) is 93.0 Å². The normalized spacial score (nSPS) is 15.3. The maximum Gasteiger partial charge on any atom is 0.314 e. The lowest BCUT2D eigenvalue weighted by molar-refractivity contribution is -0.152. The summed E-state index contributed by atoms with van der Waals surface area (Å²) in [4.78, 5) is 67.2. The quantitative estimate of drug-likeness (QED) is 0.245. The molecular weight excluding hydrogens is 560 g/mol. The predicted octanol–water partition coefficient (Wildman–Crippen LogP) is 2.69. The lowest BCUT2D eigenvalue weighted by atomic mass is 9.95. The van der Waals surface area contributed by atoms with E-state index in [4.69, 9.17) is 22.3 Å². The topological polar surface area (TPSA) is 222 Å². The van der Waals surface area contributed by atoms with Gasteiger partial charge in [0.2, 0.25) is 5.91 Å². The molecule has 0 unspecified atom stereocenters. The molecule has 3 aliphatic rings. The van der Waals surface area contributed by atoms with Crippen molar-refractivity contribution in [3.63, 3.8) is 0 Å². The van der Waals surface area contributed by atoms with Crippen molar-refractivity contribution in [1.82, 2.24) is 0 Å². The number of ether oxygens (including phenoxy) is 1. The summed E-state index contributed by atoms with van der Waals surface area (Å²) in [5, 5.41) is 12.2. The molecule has 5 rings (SSSR count). The summed E-state index contributed by atoms with van der Waals surface area (Å²) in [5.74, 6) is -3.15. The number of aliphatic carboxylic acids is 1. The van der Waals surface area contributed by atoms with Crippen molar-refractivity contribution in [2.24, 2.45) is 11.5 Å². The molecule has 40 heavy (non-hydrogen) atoms. The van der Waals surface area contributed by atoms with Gasteiger partial charge in [-0.25, -0.2) is 0 Å². The van der Waals surface area contributed by atoms with Gasteiger partial charge in [-0.15, -0.1) is 22.7 Å². The summed E-state index contributed by atoms with van der Waals surface area (Å²) in [6.45, 7) is 0. The molecule has 12 nitrogen and oxygen atoms in total. The van der Waals surface area contributed by atoms with Crippen LogP contribution in [-0.2, 0) is 49.6 Å². The van der Waals surface area contributed by atoms with Crippen LogP contribution >= 0.6 is 22.7 Å². The second kappa shape index (κ2) is 14.0. The highest BCUT2D eigenvalue weighted by molar-refractivity contribution is 7.17. The lowest BCUT2D eigenvalue weighted by Crippen LogP contribution is -2.18. The first-order chi connectivity index (χ1) is 19.0. The fraction of sp³-hybridized carbons (Fsp3) is 0.462. The highest BCUT2D eigenvalue weighted by atomic mass is 32.1. The molecule has 3 heterocycles. The van der Waals surface area contributed by atoms with Crippen LogP contribution in [0.4, 0.5) is 10.0 Å². The molecule has 0 spiro atoms. The summed E-state index contributed by atoms with van der Waals surface area (Å²) in [7, 11) is 0. The Morgan fingerprint density at radius 2 is 1.25 bits per heavy atom. The number of primary amides is 2. The number of amides is 3. The number of carboxylic acids is 1. The lowest BCUT2D eigenvalue weighted by Gasteiger charge is -2.11. The van der Waals surface area contributed by atoms with E-state index in [9.17, 15) is 28.8 Å². The molecule has 8 N–H and O–H groups in total. The van der Waals surface area contributed by atoms with Gasteiger partial charge in [-0.2, -0.15) is 0 Å². The van der Waals surface area contributed by atoms with E-state index in [0.29, 0.717) is 21.1 Å². The first kappa shape index (κ1) is 30.8. The minimum Gasteiger partial charge on any atom is -0.481 e. The van der Waals surface area contributed by atoms with Crippen LogP contribution < -0.4 is 22.5 Å². The first-order valence-electron chi connectivity index (χ1n) is 12.9. The van der Waals surface area contributed by atoms with Gasteiger partial charge in [0, 0.05) is 16.2 Å². The minimum atomic E-state index is -1.03. The monoisotopic (exact) mass is 592 g/mol. The van der Waals surface area contributed by atoms with Crippen molar-refractivity contribution in [3.8, 4) is 0 Å². The number of nitrogens with two attached hydrogens (primary N) is 3. The van der Waals surface area contributed by atoms with Crippen molar-refractivity contribution < 1.29 is 38.6 Å². The summed E-state index contributed by atoms with van der Waals surface area (Å²) in [5.41, 5.74) is 19.5. The molecule has 2 aliphatic carbocycles. The number of anilines is 2. The number of hydrogen-bond acceptors (Lipinski definition) is 10. The smallest absolute Gasteiger partial charge is 0.314 e. The third-order valence-electron chi connectivity index (χ3n) is 6.44. The first-order valence-corrected chi connectivity index (χ1v) is 14.5. The molecule has 2 aromatic heterocycles. The third kappa shape index (κ3) is 8.11. The van der Waals surface area contributed by atoms with Crippen molar-refractivity contribution in [3.05, 3.63) is 32.0 Å². The molecule has 1 aliphatic heterocycles. The number of cyclic esters (lactones) is 2. The van der Waals surface area contributed by atoms with Crippen LogP contribution in [0.3, 0.4) is 0 Å². The van der Waals surface area contributed by atoms with E-state index in [2.05, 4.69) is 10.1 Å². The molecule has 0 bridgehead atoms. The van der Waals surface area contributed by atoms with Crippen molar-refractivity contribution in [2.75, 3.05) is 11.1 Å². The number of nitrogens with one attached hydrogen (secondary N) is 1. The van der Waals surface area contributed by atoms with E-state index in [1.54, 1.807) is 0 Å². The number of hydrogen-bond donors (Lipinski definition) is 5. The van der Waals surface area contributed by atoms with E-state index < -0.39 is 29.7 Å². The van der Waals surface area contributed by atoms with E-state index in [1.165, 1.54) is 34.0 Å². The Labute approximate surface area is 238 Å². The number of aryl methyl sites for hydroxylation is 2. The van der Waals surface area contributed by atoms with Crippen LogP contribution in [0, 0.1) is 0 Å². The molecule has 0 atom stereocenters. The van der Waals surface area contributed by atoms with Gasteiger partial charge >= 0.3 is 17.9 Å². The molecule has 0 aromatic carbocycles. The maximum atomic E-state index is 11.7. The van der Waals surface area contributed by atoms with Gasteiger partial charge in [0.1, 0.15) is 5.00 Å². The fourth-order valence-corrected chi connectivity index (χ4v) is 7.09. The molecule has 0 saturated carbocycles. The zero-order valence-corrected chi connectivity index (χ0v) is 23.5. The summed E-state index contributed by atoms with van der Waals surface area (Å²) >= 11 is 2.89. The van der Waals surface area contributed by atoms with Crippen LogP contribution in [0.5, 0.6) is 0 Å². The number of fused-ring (bicyclic) bond motifs is 2. The summed E-state index contributed by atoms with van der Waals surface area (Å²) in [6.07, 6.45) is 8.30. The third-order valence-corrected chi connectivity index (χ3v) is 8.77. The van der Waals surface area contributed by atoms with Crippen LogP contribution in [-0.4, -0.2) is 40.7 Å². The SMILES string of the molecule is NC(=O)c1c(N)sc2c1CCCC2.NC(=O)c1c(NC(=O)CCC(=O)O)sc2c1CCCC2.O=C1CCC(=O)O1. The Morgan fingerprint density at radius 1 is 0.750 bits per heavy atom. The van der Waals surface area contributed by atoms with Crippen LogP contribution in [0.15, 0.2) is 0 Å². The Hall–Kier alpha value is -3.78. The second-order valence-corrected chi connectivity index (χ2v) is 11.6. The average Bonchev–Trinajstić information content (AvgIpc) is 3.56. The number of carbonyl (C=O) groups excluding carboxylic acids is 5. The molecular formula is C26H32N4O8S2. The van der Waals surface area contributed by atoms with Crippen LogP contribution in [0.2, 0.25) is 0 Å². The fourth-order valence-electron chi connectivity index (χ4n) is 4.61. The standard InChI is InChI=1S/C13H16N2O4S.C9H12N2OS.C4H4O3/c14-12(19)11-7-3-1-2-4-8(7)20-13(11)15-9(16)5-6-10(17)18;10-8(12)7-5-3-1-2-4-6(5)13-9(7)11;5-3-1-2-4(6)7-3/h1-6H2,(H2,14,19)(H,15,16)(H,17,18);1-4,11H2,(H2,10,12);1-2H2. The number of nitrogen functional groups attached to an aromatic ring is 1. The number of rotatable bonds is 6. The van der Waals surface area contributed by atoms with Gasteiger partial charge in [-0.1, -0.05) is 0 Å². The van der Waals surface area contributed by atoms with E-state index in [0.717, 1.165) is 60.9 Å². The van der Waals surface area contributed by atoms with Crippen molar-refractivity contribution >= 4 is 68.3 Å². The van der Waals surface area contributed by atoms with Gasteiger partial charge < -0.3 is 32.4 Å². The largest absolute Gasteiger partial charge is 0.481 e. The van der Waals surface area contributed by atoms with Gasteiger partial charge in [0.05, 0.1) is 35.4 Å². The molecule has 3 amide bonds. The number of esters is 2. The zero-order chi connectivity index (χ0) is 29.4. The molecule has 1 saturated heterocycles. The molecule has 14 heteroatoms. The minimum absolute atomic E-state index is 0.115. The average molecular weight is 593 g/mol. The number of carboxylic acid groups (broad SMARTS) is 1. The Balaban J connectivity index is 0.000000187. The molecule has 1 fully saturated rings. The Bertz CT molecular complexity index is 1320. The zero-order valence-electron chi connectivity index (χ0n) is 21.8. The Kier molecular flexibility index (Phi) is 10.8. The number of carbonyl (C=O) groups is 6. The van der Waals surface area contributed by atoms with Crippen molar-refractivity contribution in [1.29, 1.82) is 0 Å². The second-order valence-electron chi connectivity index (χ2n) is 9.38. The predicted molar refractivity (Wildman–Crippen MR) is 149 cm³/mol. The highest BCUT2D eigenvalue weighted by Crippen LogP contribution is 2.38. The summed E-state index contributed by atoms with van der Waals surface area (Å²) in [6, 6.07) is 0. The van der Waals surface area contributed by atoms with Gasteiger partial charge in [-0.3, -0.25) is 28.8 Å². The van der Waals surface area contributed by atoms with Crippen molar-refractivity contribution in [2.45, 2.75) is 77.0 Å². The highest BCUT2D eigenvalue weighted by Gasteiger charge is 2.25. The van der Waals surface area contributed by atoms with Crippen LogP contribution in [0.25, 0.3) is 0 Å². The maximum absolute atomic E-state index is 11.7. The Morgan fingerprint density at radius 3 is 1.73 bits per heavy atom. The van der Waals surface area contributed by atoms with E-state index >= 15 is 0 Å². The summed E-state index contributed by atoms with van der Waals surface area (Å²) < 4.78 is 4.08. The van der Waals surface area contributed by atoms with Gasteiger partial charge in [-0.05, 0) is 62.5 Å². The number of thiophene rings is 2. The van der Waals surface area contributed by atoms with Gasteiger partial charge in [0.15, 0.2) is 0 Å². The molecule has 0 radical (unpaired) electrons. The van der Waals surface area contributed by atoms with E-state index in [1.807, 2.05) is 0 Å². The van der Waals surface area contributed by atoms with Gasteiger partial charge in [0.25, 0.3) is 11.8 Å². The van der Waals surface area contributed by atoms with E-state index in [-0.39, 0.29) is 31.6 Å². The molecule has 216 valence electrons. The molecule has 2 aromatic rings.